The maximum Gasteiger partial charge on any atom is 0.248 e. The van der Waals surface area contributed by atoms with E-state index >= 15 is 0 Å². The van der Waals surface area contributed by atoms with Gasteiger partial charge in [0.05, 0.1) is 0 Å². The van der Waals surface area contributed by atoms with E-state index < -0.39 is 0 Å². The fourth-order valence-corrected chi connectivity index (χ4v) is 3.19. The molecule has 1 aliphatic carbocycles. The van der Waals surface area contributed by atoms with Gasteiger partial charge in [-0.3, -0.25) is 4.79 Å². The number of hydrogen-bond acceptors (Lipinski definition) is 2. The maximum absolute atomic E-state index is 11.1. The van der Waals surface area contributed by atoms with Crippen molar-refractivity contribution in [2.75, 3.05) is 6.54 Å². The minimum atomic E-state index is -0.357. The number of nitrogens with two attached hydrogens (primary N) is 1. The molecule has 1 saturated carbocycles. The van der Waals surface area contributed by atoms with Crippen molar-refractivity contribution in [2.45, 2.75) is 52.5 Å². The summed E-state index contributed by atoms with van der Waals surface area (Å²) in [6.45, 7) is 6.35. The highest BCUT2D eigenvalue weighted by Crippen LogP contribution is 2.29. The van der Waals surface area contributed by atoms with Crippen LogP contribution in [-0.4, -0.2) is 12.5 Å². The third-order valence-electron chi connectivity index (χ3n) is 4.81. The fraction of sp³-hybridized carbons (Fsp3) is 0.611. The highest BCUT2D eigenvalue weighted by atomic mass is 16.1. The van der Waals surface area contributed by atoms with E-state index in [0.29, 0.717) is 5.56 Å². The molecule has 0 atom stereocenters. The average molecular weight is 288 g/mol. The molecule has 116 valence electrons. The molecule has 1 fully saturated rings. The van der Waals surface area contributed by atoms with Crippen molar-refractivity contribution < 1.29 is 4.79 Å². The molecule has 0 saturated heterocycles. The van der Waals surface area contributed by atoms with Crippen LogP contribution < -0.4 is 11.1 Å². The Balaban J connectivity index is 1.72. The van der Waals surface area contributed by atoms with E-state index in [4.69, 9.17) is 5.73 Å². The van der Waals surface area contributed by atoms with E-state index in [-0.39, 0.29) is 5.91 Å². The topological polar surface area (TPSA) is 55.1 Å². The third kappa shape index (κ3) is 4.85. The highest BCUT2D eigenvalue weighted by molar-refractivity contribution is 5.93. The Morgan fingerprint density at radius 2 is 2.00 bits per heavy atom. The summed E-state index contributed by atoms with van der Waals surface area (Å²) in [4.78, 5) is 11.1. The Kier molecular flexibility index (Phi) is 5.80. The molecule has 1 aromatic rings. The van der Waals surface area contributed by atoms with Gasteiger partial charge in [-0.15, -0.1) is 0 Å². The number of amides is 1. The van der Waals surface area contributed by atoms with Crippen LogP contribution in [0.15, 0.2) is 18.2 Å². The largest absolute Gasteiger partial charge is 0.366 e. The van der Waals surface area contributed by atoms with Gasteiger partial charge < -0.3 is 11.1 Å². The predicted octanol–water partition coefficient (Wildman–Crippen LogP) is 3.40. The van der Waals surface area contributed by atoms with Crippen LogP contribution in [0.3, 0.4) is 0 Å². The molecule has 0 bridgehead atoms. The zero-order valence-corrected chi connectivity index (χ0v) is 13.3. The Bertz CT molecular complexity index is 476. The first-order chi connectivity index (χ1) is 10.1. The van der Waals surface area contributed by atoms with Crippen LogP contribution in [0.5, 0.6) is 0 Å². The number of hydrogen-bond donors (Lipinski definition) is 2. The van der Waals surface area contributed by atoms with E-state index in [0.717, 1.165) is 30.5 Å². The number of carbonyl (C=O) groups is 1. The highest BCUT2D eigenvalue weighted by Gasteiger charge is 2.17. The molecule has 0 heterocycles. The van der Waals surface area contributed by atoms with Crippen molar-refractivity contribution >= 4 is 5.91 Å². The predicted molar refractivity (Wildman–Crippen MR) is 87.1 cm³/mol. The first-order valence-corrected chi connectivity index (χ1v) is 8.16. The lowest BCUT2D eigenvalue weighted by atomic mass is 9.81. The van der Waals surface area contributed by atoms with Gasteiger partial charge in [0.25, 0.3) is 0 Å². The summed E-state index contributed by atoms with van der Waals surface area (Å²) >= 11 is 0. The fourth-order valence-electron chi connectivity index (χ4n) is 3.19. The van der Waals surface area contributed by atoms with Crippen LogP contribution >= 0.6 is 0 Å². The molecule has 0 unspecified atom stereocenters. The van der Waals surface area contributed by atoms with Crippen molar-refractivity contribution in [1.29, 1.82) is 0 Å². The van der Waals surface area contributed by atoms with Gasteiger partial charge in [-0.1, -0.05) is 38.7 Å². The Hall–Kier alpha value is -1.35. The summed E-state index contributed by atoms with van der Waals surface area (Å²) < 4.78 is 0. The summed E-state index contributed by atoms with van der Waals surface area (Å²) in [6.07, 6.45) is 6.88. The monoisotopic (exact) mass is 288 g/mol. The molecule has 3 heteroatoms. The van der Waals surface area contributed by atoms with Gasteiger partial charge in [0, 0.05) is 12.1 Å². The summed E-state index contributed by atoms with van der Waals surface area (Å²) in [6, 6.07) is 5.70. The second kappa shape index (κ2) is 7.60. The van der Waals surface area contributed by atoms with Crippen LogP contribution in [0.1, 0.15) is 60.5 Å². The Morgan fingerprint density at radius 3 is 2.62 bits per heavy atom. The zero-order chi connectivity index (χ0) is 15.2. The SMILES string of the molecule is Cc1cc(C(N)=O)ccc1CNCCC1CCC(C)CC1. The summed E-state index contributed by atoms with van der Waals surface area (Å²) in [7, 11) is 0. The quantitative estimate of drug-likeness (QED) is 0.788. The van der Waals surface area contributed by atoms with Gasteiger partial charge in [-0.2, -0.15) is 0 Å². The van der Waals surface area contributed by atoms with Crippen molar-refractivity contribution in [3.05, 3.63) is 34.9 Å². The second-order valence-electron chi connectivity index (χ2n) is 6.60. The lowest BCUT2D eigenvalue weighted by molar-refractivity contribution is 0.1000. The van der Waals surface area contributed by atoms with Crippen LogP contribution in [0.4, 0.5) is 0 Å². The molecule has 1 amide bonds. The molecular weight excluding hydrogens is 260 g/mol. The summed E-state index contributed by atoms with van der Waals surface area (Å²) in [5.74, 6) is 1.48. The molecule has 3 N–H and O–H groups in total. The first kappa shape index (κ1) is 16.0. The minimum absolute atomic E-state index is 0.357. The Morgan fingerprint density at radius 1 is 1.29 bits per heavy atom. The lowest BCUT2D eigenvalue weighted by Gasteiger charge is -2.26. The van der Waals surface area contributed by atoms with Gasteiger partial charge in [0.15, 0.2) is 0 Å². The standard InChI is InChI=1S/C18H28N2O/c1-13-3-5-15(6-4-13)9-10-20-12-17-8-7-16(18(19)21)11-14(17)2/h7-8,11,13,15,20H,3-6,9-10,12H2,1-2H3,(H2,19,21). The third-order valence-corrected chi connectivity index (χ3v) is 4.81. The van der Waals surface area contributed by atoms with E-state index in [1.165, 1.54) is 37.7 Å². The Labute approximate surface area is 128 Å². The second-order valence-corrected chi connectivity index (χ2v) is 6.60. The lowest BCUT2D eigenvalue weighted by Crippen LogP contribution is -2.21. The molecule has 1 aromatic carbocycles. The molecule has 21 heavy (non-hydrogen) atoms. The van der Waals surface area contributed by atoms with Crippen molar-refractivity contribution in [1.82, 2.24) is 5.32 Å². The minimum Gasteiger partial charge on any atom is -0.366 e. The first-order valence-electron chi connectivity index (χ1n) is 8.16. The van der Waals surface area contributed by atoms with Gasteiger partial charge in [-0.25, -0.2) is 0 Å². The molecule has 1 aliphatic rings. The van der Waals surface area contributed by atoms with Crippen molar-refractivity contribution in [3.63, 3.8) is 0 Å². The molecule has 0 aromatic heterocycles. The van der Waals surface area contributed by atoms with Gasteiger partial charge in [0.2, 0.25) is 5.91 Å². The van der Waals surface area contributed by atoms with Crippen molar-refractivity contribution in [2.24, 2.45) is 17.6 Å². The number of benzene rings is 1. The molecule has 3 nitrogen and oxygen atoms in total. The number of aryl methyl sites for hydroxylation is 1. The van der Waals surface area contributed by atoms with E-state index in [1.807, 2.05) is 25.1 Å². The average Bonchev–Trinajstić information content (AvgIpc) is 2.46. The number of nitrogens with one attached hydrogen (secondary N) is 1. The van der Waals surface area contributed by atoms with Gasteiger partial charge in [-0.05, 0) is 55.0 Å². The zero-order valence-electron chi connectivity index (χ0n) is 13.3. The van der Waals surface area contributed by atoms with E-state index in [9.17, 15) is 4.79 Å². The van der Waals surface area contributed by atoms with Crippen LogP contribution in [0, 0.1) is 18.8 Å². The molecule has 0 spiro atoms. The number of carbonyl (C=O) groups excluding carboxylic acids is 1. The van der Waals surface area contributed by atoms with E-state index in [1.54, 1.807) is 0 Å². The van der Waals surface area contributed by atoms with Crippen LogP contribution in [-0.2, 0) is 6.54 Å². The molecule has 2 rings (SSSR count). The smallest absolute Gasteiger partial charge is 0.248 e. The van der Waals surface area contributed by atoms with Crippen LogP contribution in [0.2, 0.25) is 0 Å². The summed E-state index contributed by atoms with van der Waals surface area (Å²) in [5.41, 5.74) is 8.26. The van der Waals surface area contributed by atoms with E-state index in [2.05, 4.69) is 12.2 Å². The van der Waals surface area contributed by atoms with Gasteiger partial charge in [0.1, 0.15) is 0 Å². The molecule has 0 aliphatic heterocycles. The van der Waals surface area contributed by atoms with Gasteiger partial charge >= 0.3 is 0 Å². The van der Waals surface area contributed by atoms with Crippen LogP contribution in [0.25, 0.3) is 0 Å². The summed E-state index contributed by atoms with van der Waals surface area (Å²) in [5, 5.41) is 3.53. The maximum atomic E-state index is 11.1. The molecule has 0 radical (unpaired) electrons. The number of primary amides is 1. The van der Waals surface area contributed by atoms with Crippen molar-refractivity contribution in [3.8, 4) is 0 Å². The molecular formula is C18H28N2O. The number of rotatable bonds is 6. The normalized spacial score (nSPS) is 22.2.